The van der Waals surface area contributed by atoms with E-state index in [1.165, 1.54) is 23.9 Å². The van der Waals surface area contributed by atoms with Crippen LogP contribution < -0.4 is 5.32 Å². The van der Waals surface area contributed by atoms with Crippen molar-refractivity contribution in [3.05, 3.63) is 52.8 Å². The van der Waals surface area contributed by atoms with E-state index in [1.54, 1.807) is 30.3 Å². The van der Waals surface area contributed by atoms with Crippen molar-refractivity contribution in [1.82, 2.24) is 0 Å². The smallest absolute Gasteiger partial charge is 0.234 e. The summed E-state index contributed by atoms with van der Waals surface area (Å²) in [6.45, 7) is 0. The van der Waals surface area contributed by atoms with E-state index in [-0.39, 0.29) is 17.5 Å². The Morgan fingerprint density at radius 3 is 2.55 bits per heavy atom. The number of nitriles is 1. The first-order valence-corrected chi connectivity index (χ1v) is 8.71. The molecule has 1 N–H and O–H groups in total. The van der Waals surface area contributed by atoms with Crippen LogP contribution in [0.4, 0.5) is 10.1 Å². The van der Waals surface area contributed by atoms with Gasteiger partial charge < -0.3 is 5.32 Å². The van der Waals surface area contributed by atoms with Gasteiger partial charge in [0, 0.05) is 14.3 Å². The van der Waals surface area contributed by atoms with E-state index in [4.69, 9.17) is 5.26 Å². The Hall–Kier alpha value is -1.49. The minimum Gasteiger partial charge on any atom is -0.324 e. The summed E-state index contributed by atoms with van der Waals surface area (Å²) in [5.74, 6) is -0.226. The van der Waals surface area contributed by atoms with Crippen molar-refractivity contribution in [2.75, 3.05) is 11.1 Å². The minimum atomic E-state index is -0.298. The van der Waals surface area contributed by atoms with Crippen LogP contribution in [0.1, 0.15) is 0 Å². The number of halogens is 2. The fraction of sp³-hybridized carbons (Fsp3) is 0.0667. The molecule has 0 spiro atoms. The summed E-state index contributed by atoms with van der Waals surface area (Å²) in [6.07, 6.45) is 0. The van der Waals surface area contributed by atoms with Crippen molar-refractivity contribution in [3.8, 4) is 5.40 Å². The lowest BCUT2D eigenvalue weighted by atomic mass is 10.3. The largest absolute Gasteiger partial charge is 0.324 e. The molecule has 0 radical (unpaired) electrons. The van der Waals surface area contributed by atoms with E-state index < -0.39 is 0 Å². The average molecular weight is 397 g/mol. The first kappa shape index (κ1) is 16.9. The van der Waals surface area contributed by atoms with Gasteiger partial charge in [-0.1, -0.05) is 0 Å². The molecule has 2 aromatic rings. The summed E-state index contributed by atoms with van der Waals surface area (Å²) in [5, 5.41) is 13.4. The van der Waals surface area contributed by atoms with Crippen LogP contribution in [-0.4, -0.2) is 11.7 Å². The van der Waals surface area contributed by atoms with Crippen LogP contribution in [-0.2, 0) is 4.79 Å². The second kappa shape index (κ2) is 8.22. The number of amides is 1. The third-order valence-electron chi connectivity index (χ3n) is 2.56. The Kier molecular flexibility index (Phi) is 6.31. The highest BCUT2D eigenvalue weighted by molar-refractivity contribution is 9.10. The van der Waals surface area contributed by atoms with Crippen molar-refractivity contribution in [2.45, 2.75) is 9.79 Å². The van der Waals surface area contributed by atoms with Crippen LogP contribution in [0.25, 0.3) is 0 Å². The molecule has 0 aliphatic carbocycles. The molecule has 0 aliphatic heterocycles. The molecule has 0 unspecified atom stereocenters. The molecule has 2 aromatic carbocycles. The molecular formula is C15H10BrFN2OS2. The lowest BCUT2D eigenvalue weighted by Crippen LogP contribution is -2.14. The fourth-order valence-corrected chi connectivity index (χ4v) is 3.33. The van der Waals surface area contributed by atoms with E-state index in [0.29, 0.717) is 10.2 Å². The monoisotopic (exact) mass is 396 g/mol. The van der Waals surface area contributed by atoms with Gasteiger partial charge in [0.25, 0.3) is 0 Å². The van der Waals surface area contributed by atoms with Gasteiger partial charge in [-0.15, -0.1) is 11.8 Å². The number of carbonyl (C=O) groups excluding carboxylic acids is 1. The zero-order valence-corrected chi connectivity index (χ0v) is 14.4. The van der Waals surface area contributed by atoms with Crippen molar-refractivity contribution < 1.29 is 9.18 Å². The first-order chi connectivity index (χ1) is 10.6. The molecule has 0 saturated heterocycles. The number of carbonyl (C=O) groups is 1. The summed E-state index contributed by atoms with van der Waals surface area (Å²) in [4.78, 5) is 13.6. The number of nitrogens with one attached hydrogen (secondary N) is 1. The Morgan fingerprint density at radius 2 is 1.91 bits per heavy atom. The molecule has 0 bridgehead atoms. The van der Waals surface area contributed by atoms with Crippen LogP contribution in [0, 0.1) is 16.5 Å². The third kappa shape index (κ3) is 5.05. The highest BCUT2D eigenvalue weighted by Crippen LogP contribution is 2.28. The van der Waals surface area contributed by atoms with E-state index in [2.05, 4.69) is 21.2 Å². The molecule has 112 valence electrons. The summed E-state index contributed by atoms with van der Waals surface area (Å²) < 4.78 is 13.5. The van der Waals surface area contributed by atoms with Crippen molar-refractivity contribution in [1.29, 1.82) is 5.26 Å². The van der Waals surface area contributed by atoms with Crippen LogP contribution in [0.3, 0.4) is 0 Å². The van der Waals surface area contributed by atoms with Gasteiger partial charge in [0.2, 0.25) is 5.91 Å². The predicted molar refractivity (Wildman–Crippen MR) is 91.4 cm³/mol. The molecule has 22 heavy (non-hydrogen) atoms. The molecule has 1 amide bonds. The molecule has 2 rings (SSSR count). The van der Waals surface area contributed by atoms with Gasteiger partial charge in [-0.3, -0.25) is 4.79 Å². The number of anilines is 1. The van der Waals surface area contributed by atoms with Gasteiger partial charge in [-0.25, -0.2) is 4.39 Å². The van der Waals surface area contributed by atoms with Crippen molar-refractivity contribution in [2.24, 2.45) is 0 Å². The standard InChI is InChI=1S/C15H10BrFN2OS2/c16-13-7-12(22-9-18)5-6-14(13)19-15(20)8-21-11-3-1-10(17)2-4-11/h1-7H,8H2,(H,19,20). The average Bonchev–Trinajstić information content (AvgIpc) is 2.50. The van der Waals surface area contributed by atoms with Gasteiger partial charge in [-0.05, 0) is 70.2 Å². The van der Waals surface area contributed by atoms with Gasteiger partial charge in [0.1, 0.15) is 11.2 Å². The molecule has 7 heteroatoms. The molecular weight excluding hydrogens is 387 g/mol. The molecule has 0 heterocycles. The number of thioether (sulfide) groups is 2. The minimum absolute atomic E-state index is 0.157. The van der Waals surface area contributed by atoms with Crippen molar-refractivity contribution in [3.63, 3.8) is 0 Å². The molecule has 3 nitrogen and oxygen atoms in total. The second-order valence-electron chi connectivity index (χ2n) is 4.13. The Morgan fingerprint density at radius 1 is 1.23 bits per heavy atom. The van der Waals surface area contributed by atoms with E-state index >= 15 is 0 Å². The molecule has 0 aliphatic rings. The zero-order chi connectivity index (χ0) is 15.9. The van der Waals surface area contributed by atoms with Crippen LogP contribution in [0.15, 0.2) is 56.7 Å². The normalized spacial score (nSPS) is 10.0. The van der Waals surface area contributed by atoms with E-state index in [9.17, 15) is 9.18 Å². The number of benzene rings is 2. The number of nitrogens with zero attached hydrogens (tertiary/aromatic N) is 1. The molecule has 0 aromatic heterocycles. The van der Waals surface area contributed by atoms with Gasteiger partial charge in [-0.2, -0.15) is 5.26 Å². The van der Waals surface area contributed by atoms with Crippen molar-refractivity contribution >= 4 is 51.0 Å². The summed E-state index contributed by atoms with van der Waals surface area (Å²) in [5.41, 5.74) is 0.645. The maximum absolute atomic E-state index is 12.8. The number of hydrogen-bond acceptors (Lipinski definition) is 4. The van der Waals surface area contributed by atoms with Gasteiger partial charge in [0.05, 0.1) is 11.4 Å². The van der Waals surface area contributed by atoms with Crippen LogP contribution in [0.2, 0.25) is 0 Å². The number of rotatable bonds is 5. The number of thiocyanates is 1. The zero-order valence-electron chi connectivity index (χ0n) is 11.2. The maximum Gasteiger partial charge on any atom is 0.234 e. The van der Waals surface area contributed by atoms with Crippen LogP contribution in [0.5, 0.6) is 0 Å². The Labute approximate surface area is 144 Å². The highest BCUT2D eigenvalue weighted by atomic mass is 79.9. The van der Waals surface area contributed by atoms with E-state index in [1.807, 2.05) is 5.40 Å². The fourth-order valence-electron chi connectivity index (χ4n) is 1.58. The summed E-state index contributed by atoms with van der Waals surface area (Å²) in [7, 11) is 0. The van der Waals surface area contributed by atoms with E-state index in [0.717, 1.165) is 21.6 Å². The van der Waals surface area contributed by atoms with Gasteiger partial charge in [0.15, 0.2) is 0 Å². The second-order valence-corrected chi connectivity index (χ2v) is 6.89. The summed E-state index contributed by atoms with van der Waals surface area (Å²) >= 11 is 5.75. The quantitative estimate of drug-likeness (QED) is 0.577. The topological polar surface area (TPSA) is 52.9 Å². The SMILES string of the molecule is N#CSc1ccc(NC(=O)CSc2ccc(F)cc2)c(Br)c1. The number of hydrogen-bond donors (Lipinski definition) is 1. The Bertz CT molecular complexity index is 716. The highest BCUT2D eigenvalue weighted by Gasteiger charge is 2.07. The lowest BCUT2D eigenvalue weighted by molar-refractivity contribution is -0.113. The molecule has 0 atom stereocenters. The first-order valence-electron chi connectivity index (χ1n) is 6.12. The third-order valence-corrected chi connectivity index (χ3v) is 4.81. The van der Waals surface area contributed by atoms with Gasteiger partial charge >= 0.3 is 0 Å². The predicted octanol–water partition coefficient (Wildman–Crippen LogP) is 4.89. The molecule has 0 saturated carbocycles. The Balaban J connectivity index is 1.92. The van der Waals surface area contributed by atoms with Crippen LogP contribution >= 0.6 is 39.5 Å². The molecule has 0 fully saturated rings. The maximum atomic E-state index is 12.8. The summed E-state index contributed by atoms with van der Waals surface area (Å²) in [6, 6.07) is 11.3. The lowest BCUT2D eigenvalue weighted by Gasteiger charge is -2.08.